The van der Waals surface area contributed by atoms with E-state index in [4.69, 9.17) is 10.7 Å². The second-order valence-corrected chi connectivity index (χ2v) is 15.6. The quantitative estimate of drug-likeness (QED) is 0.0988. The van der Waals surface area contributed by atoms with Gasteiger partial charge in [0.1, 0.15) is 5.84 Å². The highest BCUT2D eigenvalue weighted by molar-refractivity contribution is 6.26. The normalized spacial score (nSPS) is 14.6. The molecule has 3 heteroatoms. The SMILES string of the molecule is N=C(N=C(N)c1ccccc1)c1c(-c2ccc(-c3ccc(C4(c5ccccc5)c5ccccc5-c5c4ccc4ccccc54)cc3)cc2)c2ccccc2c2ccccc12. The smallest absolute Gasteiger partial charge is 0.155 e. The molecule has 0 heterocycles. The van der Waals surface area contributed by atoms with Crippen molar-refractivity contribution in [3.8, 4) is 33.4 Å². The Balaban J connectivity index is 1.04. The molecule has 3 nitrogen and oxygen atoms in total. The van der Waals surface area contributed by atoms with Crippen molar-refractivity contribution in [3.05, 3.63) is 252 Å². The minimum Gasteiger partial charge on any atom is -0.383 e. The van der Waals surface area contributed by atoms with Crippen molar-refractivity contribution in [2.45, 2.75) is 5.41 Å². The second kappa shape index (κ2) is 14.2. The maximum Gasteiger partial charge on any atom is 0.155 e. The fraction of sp³-hybridized carbons (Fsp3) is 0.0175. The zero-order valence-corrected chi connectivity index (χ0v) is 32.8. The van der Waals surface area contributed by atoms with Gasteiger partial charge in [-0.2, -0.15) is 0 Å². The third-order valence-corrected chi connectivity index (χ3v) is 12.4. The molecule has 1 unspecified atom stereocenters. The van der Waals surface area contributed by atoms with Crippen LogP contribution < -0.4 is 5.73 Å². The number of nitrogens with one attached hydrogen (secondary N) is 1. The Morgan fingerprint density at radius 1 is 0.400 bits per heavy atom. The van der Waals surface area contributed by atoms with E-state index < -0.39 is 5.41 Å². The molecule has 10 aromatic carbocycles. The number of rotatable bonds is 6. The van der Waals surface area contributed by atoms with Gasteiger partial charge in [-0.05, 0) is 82.4 Å². The summed E-state index contributed by atoms with van der Waals surface area (Å²) >= 11 is 0. The number of hydrogen-bond donors (Lipinski definition) is 2. The van der Waals surface area contributed by atoms with Crippen LogP contribution in [-0.4, -0.2) is 11.7 Å². The molecule has 0 saturated carbocycles. The van der Waals surface area contributed by atoms with E-state index in [1.165, 1.54) is 44.2 Å². The first-order valence-electron chi connectivity index (χ1n) is 20.4. The van der Waals surface area contributed by atoms with Crippen LogP contribution in [0.3, 0.4) is 0 Å². The van der Waals surface area contributed by atoms with Crippen LogP contribution in [-0.2, 0) is 5.41 Å². The van der Waals surface area contributed by atoms with E-state index >= 15 is 0 Å². The topological polar surface area (TPSA) is 62.2 Å². The number of hydrogen-bond acceptors (Lipinski definition) is 1. The van der Waals surface area contributed by atoms with Crippen molar-refractivity contribution in [1.82, 2.24) is 0 Å². The Bertz CT molecular complexity index is 3310. The summed E-state index contributed by atoms with van der Waals surface area (Å²) in [7, 11) is 0. The molecule has 0 aromatic heterocycles. The lowest BCUT2D eigenvalue weighted by atomic mass is 9.67. The summed E-state index contributed by atoms with van der Waals surface area (Å²) in [5, 5.41) is 16.2. The average Bonchev–Trinajstić information content (AvgIpc) is 3.63. The van der Waals surface area contributed by atoms with E-state index in [9.17, 15) is 5.41 Å². The Morgan fingerprint density at radius 3 is 1.63 bits per heavy atom. The minimum absolute atomic E-state index is 0.128. The predicted octanol–water partition coefficient (Wildman–Crippen LogP) is 13.6. The lowest BCUT2D eigenvalue weighted by Crippen LogP contribution is -2.28. The third kappa shape index (κ3) is 5.44. The van der Waals surface area contributed by atoms with Crippen molar-refractivity contribution in [1.29, 1.82) is 5.41 Å². The van der Waals surface area contributed by atoms with Gasteiger partial charge in [0.25, 0.3) is 0 Å². The molecular weight excluding hydrogens is 727 g/mol. The first kappa shape index (κ1) is 35.3. The maximum atomic E-state index is 9.47. The largest absolute Gasteiger partial charge is 0.383 e. The summed E-state index contributed by atoms with van der Waals surface area (Å²) < 4.78 is 0. The van der Waals surface area contributed by atoms with Gasteiger partial charge in [-0.15, -0.1) is 0 Å². The molecule has 3 N–H and O–H groups in total. The molecule has 282 valence electrons. The second-order valence-electron chi connectivity index (χ2n) is 15.6. The Labute approximate surface area is 349 Å². The summed E-state index contributed by atoms with van der Waals surface area (Å²) in [6, 6.07) is 77.7. The van der Waals surface area contributed by atoms with Gasteiger partial charge in [-0.25, -0.2) is 4.99 Å². The average molecular weight is 766 g/mol. The van der Waals surface area contributed by atoms with Crippen LogP contribution in [0.2, 0.25) is 0 Å². The van der Waals surface area contributed by atoms with E-state index in [0.29, 0.717) is 5.84 Å². The maximum absolute atomic E-state index is 9.47. The van der Waals surface area contributed by atoms with E-state index in [0.717, 1.165) is 54.9 Å². The Kier molecular flexibility index (Phi) is 8.35. The molecule has 0 radical (unpaired) electrons. The highest BCUT2D eigenvalue weighted by Gasteiger charge is 2.46. The van der Waals surface area contributed by atoms with Crippen LogP contribution in [0.5, 0.6) is 0 Å². The van der Waals surface area contributed by atoms with E-state index in [1.54, 1.807) is 0 Å². The molecule has 0 bridgehead atoms. The van der Waals surface area contributed by atoms with Gasteiger partial charge in [0.15, 0.2) is 5.84 Å². The first-order chi connectivity index (χ1) is 29.6. The summed E-state index contributed by atoms with van der Waals surface area (Å²) in [6.07, 6.45) is 0. The van der Waals surface area contributed by atoms with Gasteiger partial charge in [0.2, 0.25) is 0 Å². The Morgan fingerprint density at radius 2 is 0.917 bits per heavy atom. The van der Waals surface area contributed by atoms with Crippen molar-refractivity contribution in [3.63, 3.8) is 0 Å². The summed E-state index contributed by atoms with van der Waals surface area (Å²) in [4.78, 5) is 4.71. The third-order valence-electron chi connectivity index (χ3n) is 12.4. The highest BCUT2D eigenvalue weighted by atomic mass is 14.9. The van der Waals surface area contributed by atoms with E-state index in [2.05, 4.69) is 182 Å². The number of aliphatic imine (C=N–C) groups is 1. The lowest BCUT2D eigenvalue weighted by molar-refractivity contribution is 0.769. The van der Waals surface area contributed by atoms with E-state index in [1.807, 2.05) is 36.4 Å². The lowest BCUT2D eigenvalue weighted by Gasteiger charge is -2.34. The number of nitrogens with two attached hydrogens (primary N) is 1. The molecule has 0 fully saturated rings. The molecule has 0 aliphatic heterocycles. The van der Waals surface area contributed by atoms with Crippen molar-refractivity contribution < 1.29 is 0 Å². The van der Waals surface area contributed by atoms with Crippen LogP contribution in [0.1, 0.15) is 33.4 Å². The number of fused-ring (bicyclic) bond motifs is 8. The molecule has 60 heavy (non-hydrogen) atoms. The minimum atomic E-state index is -0.482. The van der Waals surface area contributed by atoms with Gasteiger partial charge in [-0.3, -0.25) is 5.41 Å². The predicted molar refractivity (Wildman–Crippen MR) is 251 cm³/mol. The van der Waals surface area contributed by atoms with E-state index in [-0.39, 0.29) is 5.84 Å². The molecule has 1 aliphatic rings. The van der Waals surface area contributed by atoms with Crippen molar-refractivity contribution in [2.75, 3.05) is 0 Å². The standard InChI is InChI=1S/C57H39N3/c58-55(41-16-3-1-4-17-41)60-56(59)54-48-24-12-10-22-46(48)45-21-9-11-23-47(45)52(54)40-29-27-37(28-30-40)38-31-34-43(35-32-38)57(42-18-5-2-6-19-42)50-26-14-13-25-49(50)53-44-20-8-7-15-39(44)33-36-51(53)57/h1-36H,(H3,58,59,60). The summed E-state index contributed by atoms with van der Waals surface area (Å²) in [5.41, 5.74) is 19.5. The molecule has 0 saturated heterocycles. The van der Waals surface area contributed by atoms with Crippen LogP contribution in [0.4, 0.5) is 0 Å². The molecule has 0 spiro atoms. The van der Waals surface area contributed by atoms with Gasteiger partial charge in [0.05, 0.1) is 5.41 Å². The van der Waals surface area contributed by atoms with Crippen LogP contribution in [0, 0.1) is 5.41 Å². The van der Waals surface area contributed by atoms with Gasteiger partial charge in [-0.1, -0.05) is 218 Å². The van der Waals surface area contributed by atoms with Gasteiger partial charge < -0.3 is 5.73 Å². The zero-order valence-electron chi connectivity index (χ0n) is 32.8. The number of amidine groups is 2. The monoisotopic (exact) mass is 765 g/mol. The molecule has 1 atom stereocenters. The number of nitrogens with zero attached hydrogens (tertiary/aromatic N) is 1. The number of benzene rings is 10. The molecule has 10 aromatic rings. The molecule has 1 aliphatic carbocycles. The summed E-state index contributed by atoms with van der Waals surface area (Å²) in [6.45, 7) is 0. The van der Waals surface area contributed by atoms with Crippen LogP contribution in [0.25, 0.3) is 65.7 Å². The molecular formula is C57H39N3. The van der Waals surface area contributed by atoms with Crippen molar-refractivity contribution in [2.24, 2.45) is 10.7 Å². The summed E-state index contributed by atoms with van der Waals surface area (Å²) in [5.74, 6) is 0.443. The first-order valence-corrected chi connectivity index (χ1v) is 20.4. The molecule has 11 rings (SSSR count). The van der Waals surface area contributed by atoms with Crippen LogP contribution in [0.15, 0.2) is 223 Å². The van der Waals surface area contributed by atoms with Gasteiger partial charge in [0, 0.05) is 16.7 Å². The molecule has 0 amide bonds. The fourth-order valence-electron chi connectivity index (χ4n) is 9.80. The Hall–Kier alpha value is -7.88. The highest BCUT2D eigenvalue weighted by Crippen LogP contribution is 2.57. The van der Waals surface area contributed by atoms with Crippen LogP contribution >= 0.6 is 0 Å². The van der Waals surface area contributed by atoms with Crippen molar-refractivity contribution >= 4 is 44.0 Å². The van der Waals surface area contributed by atoms with Gasteiger partial charge >= 0.3 is 0 Å². The zero-order chi connectivity index (χ0) is 40.2. The fourth-order valence-corrected chi connectivity index (χ4v) is 9.80.